The first-order chi connectivity index (χ1) is 9.88. The monoisotopic (exact) mass is 299 g/mol. The lowest BCUT2D eigenvalue weighted by molar-refractivity contribution is -0.0440. The van der Waals surface area contributed by atoms with E-state index in [2.05, 4.69) is 56.5 Å². The Bertz CT molecular complexity index is 271. The third-order valence-electron chi connectivity index (χ3n) is 4.29. The summed E-state index contributed by atoms with van der Waals surface area (Å²) in [6, 6.07) is 0.591. The van der Waals surface area contributed by atoms with Crippen molar-refractivity contribution >= 4 is 0 Å². The van der Waals surface area contributed by atoms with Gasteiger partial charge in [0.05, 0.1) is 12.7 Å². The fourth-order valence-electron chi connectivity index (χ4n) is 2.90. The molecule has 0 N–H and O–H groups in total. The number of rotatable bonds is 9. The first-order valence-corrected chi connectivity index (χ1v) is 8.61. The minimum absolute atomic E-state index is 0.375. The van der Waals surface area contributed by atoms with Gasteiger partial charge in [-0.25, -0.2) is 0 Å². The Morgan fingerprint density at radius 3 is 2.52 bits per heavy atom. The third kappa shape index (κ3) is 8.15. The van der Waals surface area contributed by atoms with Gasteiger partial charge in [-0.1, -0.05) is 13.8 Å². The number of ether oxygens (including phenoxy) is 1. The lowest BCUT2D eigenvalue weighted by Gasteiger charge is -2.36. The minimum atomic E-state index is 0.375. The zero-order valence-corrected chi connectivity index (χ0v) is 15.1. The van der Waals surface area contributed by atoms with Crippen molar-refractivity contribution < 1.29 is 4.74 Å². The molecule has 0 aromatic heterocycles. The highest BCUT2D eigenvalue weighted by molar-refractivity contribution is 4.75. The maximum Gasteiger partial charge on any atom is 0.0829 e. The SMILES string of the molecule is CC(C)CN(C)CCCN1CCO[C@H](CN(C)C(C)C)C1. The highest BCUT2D eigenvalue weighted by Gasteiger charge is 2.22. The lowest BCUT2D eigenvalue weighted by Crippen LogP contribution is -2.48. The number of nitrogens with zero attached hydrogens (tertiary/aromatic N) is 3. The van der Waals surface area contributed by atoms with Crippen molar-refractivity contribution in [2.75, 3.05) is 60.0 Å². The van der Waals surface area contributed by atoms with Crippen LogP contribution < -0.4 is 0 Å². The first kappa shape index (κ1) is 18.9. The van der Waals surface area contributed by atoms with Crippen molar-refractivity contribution in [1.29, 1.82) is 0 Å². The molecule has 0 aromatic rings. The van der Waals surface area contributed by atoms with Gasteiger partial charge in [0.1, 0.15) is 0 Å². The average molecular weight is 300 g/mol. The van der Waals surface area contributed by atoms with Crippen LogP contribution in [0.4, 0.5) is 0 Å². The number of morpholine rings is 1. The van der Waals surface area contributed by atoms with E-state index in [1.54, 1.807) is 0 Å². The van der Waals surface area contributed by atoms with Crippen LogP contribution in [-0.4, -0.2) is 86.8 Å². The molecule has 0 unspecified atom stereocenters. The van der Waals surface area contributed by atoms with Crippen molar-refractivity contribution in [2.45, 2.75) is 46.3 Å². The molecular formula is C17H37N3O. The zero-order chi connectivity index (χ0) is 15.8. The second-order valence-electron chi connectivity index (χ2n) is 7.34. The number of hydrogen-bond acceptors (Lipinski definition) is 4. The van der Waals surface area contributed by atoms with Gasteiger partial charge in [0.2, 0.25) is 0 Å². The molecule has 0 amide bonds. The molecule has 0 radical (unpaired) electrons. The summed E-state index contributed by atoms with van der Waals surface area (Å²) < 4.78 is 5.92. The Morgan fingerprint density at radius 1 is 1.19 bits per heavy atom. The molecule has 1 atom stereocenters. The molecule has 1 aliphatic heterocycles. The Morgan fingerprint density at radius 2 is 1.90 bits per heavy atom. The Hall–Kier alpha value is -0.160. The van der Waals surface area contributed by atoms with E-state index in [0.717, 1.165) is 32.2 Å². The van der Waals surface area contributed by atoms with E-state index in [1.165, 1.54) is 26.1 Å². The maximum absolute atomic E-state index is 5.92. The Balaban J connectivity index is 2.20. The molecule has 4 heteroatoms. The molecule has 0 bridgehead atoms. The minimum Gasteiger partial charge on any atom is -0.374 e. The van der Waals surface area contributed by atoms with Crippen LogP contribution in [0.3, 0.4) is 0 Å². The van der Waals surface area contributed by atoms with Gasteiger partial charge in [-0.2, -0.15) is 0 Å². The van der Waals surface area contributed by atoms with Gasteiger partial charge in [0.25, 0.3) is 0 Å². The van der Waals surface area contributed by atoms with E-state index in [9.17, 15) is 0 Å². The lowest BCUT2D eigenvalue weighted by atomic mass is 10.2. The molecule has 0 aromatic carbocycles. The van der Waals surface area contributed by atoms with Crippen LogP contribution >= 0.6 is 0 Å². The van der Waals surface area contributed by atoms with E-state index >= 15 is 0 Å². The molecule has 1 heterocycles. The smallest absolute Gasteiger partial charge is 0.0829 e. The van der Waals surface area contributed by atoms with Crippen LogP contribution in [-0.2, 0) is 4.74 Å². The maximum atomic E-state index is 5.92. The molecular weight excluding hydrogens is 262 g/mol. The Labute approximate surface area is 132 Å². The standard InChI is InChI=1S/C17H37N3O/c1-15(2)12-18(5)8-7-9-20-10-11-21-17(14-20)13-19(6)16(3)4/h15-17H,7-14H2,1-6H3/t17-/m1/s1. The molecule has 1 aliphatic rings. The second kappa shape index (κ2) is 9.78. The third-order valence-corrected chi connectivity index (χ3v) is 4.29. The van der Waals surface area contributed by atoms with Crippen LogP contribution in [0.15, 0.2) is 0 Å². The highest BCUT2D eigenvalue weighted by Crippen LogP contribution is 2.09. The molecule has 21 heavy (non-hydrogen) atoms. The van der Waals surface area contributed by atoms with Crippen molar-refractivity contribution in [2.24, 2.45) is 5.92 Å². The summed E-state index contributed by atoms with van der Waals surface area (Å²) in [6.45, 7) is 16.8. The summed E-state index contributed by atoms with van der Waals surface area (Å²) in [7, 11) is 4.42. The summed E-state index contributed by atoms with van der Waals surface area (Å²) in [5, 5.41) is 0. The van der Waals surface area contributed by atoms with Crippen molar-refractivity contribution in [1.82, 2.24) is 14.7 Å². The summed E-state index contributed by atoms with van der Waals surface area (Å²) in [5.74, 6) is 0.759. The van der Waals surface area contributed by atoms with Gasteiger partial charge >= 0.3 is 0 Å². The first-order valence-electron chi connectivity index (χ1n) is 8.61. The molecule has 0 spiro atoms. The van der Waals surface area contributed by atoms with E-state index < -0.39 is 0 Å². The van der Waals surface area contributed by atoms with Crippen LogP contribution in [0.5, 0.6) is 0 Å². The molecule has 4 nitrogen and oxygen atoms in total. The van der Waals surface area contributed by atoms with Crippen molar-refractivity contribution in [3.05, 3.63) is 0 Å². The summed E-state index contributed by atoms with van der Waals surface area (Å²) in [4.78, 5) is 7.41. The van der Waals surface area contributed by atoms with E-state index in [4.69, 9.17) is 4.74 Å². The quantitative estimate of drug-likeness (QED) is 0.648. The predicted molar refractivity (Wildman–Crippen MR) is 90.9 cm³/mol. The van der Waals surface area contributed by atoms with E-state index in [1.807, 2.05) is 0 Å². The topological polar surface area (TPSA) is 19.0 Å². The average Bonchev–Trinajstić information content (AvgIpc) is 2.38. The van der Waals surface area contributed by atoms with Crippen LogP contribution in [0.25, 0.3) is 0 Å². The summed E-state index contributed by atoms with van der Waals surface area (Å²) in [6.07, 6.45) is 1.63. The van der Waals surface area contributed by atoms with Gasteiger partial charge < -0.3 is 14.5 Å². The fraction of sp³-hybridized carbons (Fsp3) is 1.00. The zero-order valence-electron chi connectivity index (χ0n) is 15.1. The van der Waals surface area contributed by atoms with Gasteiger partial charge in [-0.05, 0) is 53.4 Å². The molecule has 126 valence electrons. The van der Waals surface area contributed by atoms with Crippen molar-refractivity contribution in [3.8, 4) is 0 Å². The molecule has 1 rings (SSSR count). The normalized spacial score (nSPS) is 21.1. The molecule has 1 saturated heterocycles. The van der Waals surface area contributed by atoms with Gasteiger partial charge in [0, 0.05) is 32.2 Å². The predicted octanol–water partition coefficient (Wildman–Crippen LogP) is 2.01. The highest BCUT2D eigenvalue weighted by atomic mass is 16.5. The summed E-state index contributed by atoms with van der Waals surface area (Å²) >= 11 is 0. The Kier molecular flexibility index (Phi) is 8.79. The number of hydrogen-bond donors (Lipinski definition) is 0. The van der Waals surface area contributed by atoms with Crippen LogP contribution in [0, 0.1) is 5.92 Å². The molecule has 1 fully saturated rings. The summed E-state index contributed by atoms with van der Waals surface area (Å²) in [5.41, 5.74) is 0. The number of likely N-dealkylation sites (N-methyl/N-ethyl adjacent to an activating group) is 1. The van der Waals surface area contributed by atoms with Crippen molar-refractivity contribution in [3.63, 3.8) is 0 Å². The largest absolute Gasteiger partial charge is 0.374 e. The second-order valence-corrected chi connectivity index (χ2v) is 7.34. The van der Waals surface area contributed by atoms with Gasteiger partial charge in [0.15, 0.2) is 0 Å². The van der Waals surface area contributed by atoms with E-state index in [-0.39, 0.29) is 0 Å². The van der Waals surface area contributed by atoms with Gasteiger partial charge in [-0.3, -0.25) is 4.90 Å². The molecule has 0 saturated carbocycles. The van der Waals surface area contributed by atoms with E-state index in [0.29, 0.717) is 12.1 Å². The van der Waals surface area contributed by atoms with Crippen LogP contribution in [0.2, 0.25) is 0 Å². The van der Waals surface area contributed by atoms with Gasteiger partial charge in [-0.15, -0.1) is 0 Å². The fourth-order valence-corrected chi connectivity index (χ4v) is 2.90. The molecule has 0 aliphatic carbocycles. The van der Waals surface area contributed by atoms with Crippen LogP contribution in [0.1, 0.15) is 34.1 Å².